The minimum Gasteiger partial charge on any atom is -0.0879 e. The van der Waals surface area contributed by atoms with Crippen molar-refractivity contribution in [1.29, 1.82) is 0 Å². The van der Waals surface area contributed by atoms with Crippen LogP contribution >= 0.6 is 0 Å². The molecule has 0 spiro atoms. The summed E-state index contributed by atoms with van der Waals surface area (Å²) in [5.41, 5.74) is 0. The number of hydrogen-bond acceptors (Lipinski definition) is 0. The Bertz CT molecular complexity index is 628. The van der Waals surface area contributed by atoms with E-state index in [1.807, 2.05) is 27.7 Å². The summed E-state index contributed by atoms with van der Waals surface area (Å²) in [7, 11) is 0. The number of rotatable bonds is 0. The van der Waals surface area contributed by atoms with Crippen molar-refractivity contribution < 1.29 is 0 Å². The molecule has 0 aromatic carbocycles. The van der Waals surface area contributed by atoms with E-state index in [0.717, 1.165) is 47.3 Å². The van der Waals surface area contributed by atoms with Gasteiger partial charge in [-0.3, -0.25) is 0 Å². The summed E-state index contributed by atoms with van der Waals surface area (Å²) in [4.78, 5) is 0. The zero-order valence-corrected chi connectivity index (χ0v) is 19.6. The van der Waals surface area contributed by atoms with E-state index in [4.69, 9.17) is 0 Å². The zero-order chi connectivity index (χ0) is 20.1. The summed E-state index contributed by atoms with van der Waals surface area (Å²) < 4.78 is 0. The molecule has 6 fully saturated rings. The van der Waals surface area contributed by atoms with Crippen LogP contribution in [0.25, 0.3) is 0 Å². The van der Waals surface area contributed by atoms with Crippen molar-refractivity contribution in [3.8, 4) is 0 Å². The van der Waals surface area contributed by atoms with Gasteiger partial charge in [0.15, 0.2) is 0 Å². The third-order valence-corrected chi connectivity index (χ3v) is 10.8. The fourth-order valence-corrected chi connectivity index (χ4v) is 10.3. The van der Waals surface area contributed by atoms with E-state index >= 15 is 0 Å². The molecule has 0 N–H and O–H groups in total. The highest BCUT2D eigenvalue weighted by molar-refractivity contribution is 5.20. The van der Waals surface area contributed by atoms with E-state index < -0.39 is 0 Å². The maximum absolute atomic E-state index is 2.59. The Labute approximate surface area is 181 Å². The van der Waals surface area contributed by atoms with E-state index in [2.05, 4.69) is 24.3 Å². The van der Waals surface area contributed by atoms with Gasteiger partial charge >= 0.3 is 0 Å². The van der Waals surface area contributed by atoms with E-state index in [1.165, 1.54) is 42.9 Å². The Kier molecular flexibility index (Phi) is 5.76. The monoisotopic (exact) mass is 394 g/mol. The fourth-order valence-electron chi connectivity index (χ4n) is 10.3. The lowest BCUT2D eigenvalue weighted by atomic mass is 9.64. The van der Waals surface area contributed by atoms with Gasteiger partial charge in [-0.25, -0.2) is 0 Å². The van der Waals surface area contributed by atoms with E-state index in [-0.39, 0.29) is 0 Å². The lowest BCUT2D eigenvalue weighted by Gasteiger charge is -2.40. The van der Waals surface area contributed by atoms with Crippen molar-refractivity contribution in [2.24, 2.45) is 71.0 Å². The van der Waals surface area contributed by atoms with Crippen LogP contribution in [0.3, 0.4) is 0 Å². The topological polar surface area (TPSA) is 0 Å². The van der Waals surface area contributed by atoms with Gasteiger partial charge in [0.1, 0.15) is 0 Å². The van der Waals surface area contributed by atoms with Gasteiger partial charge in [0.2, 0.25) is 0 Å². The second kappa shape index (κ2) is 8.20. The minimum absolute atomic E-state index is 1.03. The van der Waals surface area contributed by atoms with Crippen LogP contribution in [0.2, 0.25) is 0 Å². The Morgan fingerprint density at radius 2 is 1.03 bits per heavy atom. The molecule has 0 aliphatic heterocycles. The molecule has 6 bridgehead atoms. The average molecular weight is 395 g/mol. The van der Waals surface area contributed by atoms with Crippen molar-refractivity contribution >= 4 is 0 Å². The lowest BCUT2D eigenvalue weighted by Crippen LogP contribution is -2.36. The normalized spacial score (nSPS) is 54.8. The summed E-state index contributed by atoms with van der Waals surface area (Å²) in [5.74, 6) is 13.5. The van der Waals surface area contributed by atoms with Gasteiger partial charge in [0, 0.05) is 0 Å². The molecule has 6 saturated carbocycles. The highest BCUT2D eigenvalue weighted by Gasteiger charge is 2.65. The van der Waals surface area contributed by atoms with Crippen LogP contribution in [0.15, 0.2) is 24.3 Å². The molecule has 12 unspecified atom stereocenters. The molecule has 8 aliphatic rings. The molecule has 8 rings (SSSR count). The molecule has 12 atom stereocenters. The SMILES string of the molecule is C1=CC2C(C1)C1CC2C2C3CCC(C3)C12.C1=CC2C3CCC(C3)C2C1.CC.CC. The van der Waals surface area contributed by atoms with Crippen LogP contribution in [0.5, 0.6) is 0 Å². The largest absolute Gasteiger partial charge is 0.0879 e. The molecule has 0 saturated heterocycles. The molecule has 162 valence electrons. The first-order valence-corrected chi connectivity index (χ1v) is 13.7. The van der Waals surface area contributed by atoms with Crippen LogP contribution in [-0.4, -0.2) is 0 Å². The van der Waals surface area contributed by atoms with Gasteiger partial charge in [-0.2, -0.15) is 0 Å². The second-order valence-corrected chi connectivity index (χ2v) is 11.2. The molecule has 0 amide bonds. The molecular weight excluding hydrogens is 348 g/mol. The predicted octanol–water partition coefficient (Wildman–Crippen LogP) is 8.15. The van der Waals surface area contributed by atoms with Crippen LogP contribution in [-0.2, 0) is 0 Å². The first-order valence-electron chi connectivity index (χ1n) is 13.7. The summed E-state index contributed by atoms with van der Waals surface area (Å²) in [6.07, 6.45) is 24.0. The maximum atomic E-state index is 2.59. The molecule has 29 heavy (non-hydrogen) atoms. The molecule has 0 nitrogen and oxygen atoms in total. The number of fused-ring (bicyclic) bond motifs is 17. The van der Waals surface area contributed by atoms with Gasteiger partial charge in [-0.15, -0.1) is 0 Å². The van der Waals surface area contributed by atoms with Crippen LogP contribution in [0, 0.1) is 71.0 Å². The number of allylic oxidation sites excluding steroid dienone is 4. The molecular formula is C29H46. The minimum atomic E-state index is 1.03. The quantitative estimate of drug-likeness (QED) is 0.287. The van der Waals surface area contributed by atoms with E-state index in [9.17, 15) is 0 Å². The smallest absolute Gasteiger partial charge is 0.0168 e. The van der Waals surface area contributed by atoms with Crippen molar-refractivity contribution in [1.82, 2.24) is 0 Å². The van der Waals surface area contributed by atoms with E-state index in [1.54, 1.807) is 38.5 Å². The summed E-state index contributed by atoms with van der Waals surface area (Å²) in [5, 5.41) is 0. The standard InChI is InChI=1S/C15H20.C10H14.2C2H6/c1-2-10-11(3-1)13-7-12(10)14-8-4-5-9(6-8)15(13)14;1-2-9-7-4-5-8(6-7)10(9)3-1;2*1-2/h1-2,8-15H,3-7H2;1-2,7-10H,3-6H2;2*1-2H3. The first kappa shape index (κ1) is 20.4. The second-order valence-electron chi connectivity index (χ2n) is 11.2. The molecule has 0 heteroatoms. The van der Waals surface area contributed by atoms with Crippen molar-refractivity contribution in [3.05, 3.63) is 24.3 Å². The molecule has 0 aromatic rings. The zero-order valence-electron chi connectivity index (χ0n) is 19.6. The van der Waals surface area contributed by atoms with Crippen molar-refractivity contribution in [2.75, 3.05) is 0 Å². The van der Waals surface area contributed by atoms with Crippen LogP contribution < -0.4 is 0 Å². The average Bonchev–Trinajstić information content (AvgIpc) is 3.63. The van der Waals surface area contributed by atoms with Crippen LogP contribution in [0.1, 0.15) is 85.5 Å². The van der Waals surface area contributed by atoms with Crippen molar-refractivity contribution in [2.45, 2.75) is 85.5 Å². The highest BCUT2D eigenvalue weighted by atomic mass is 14.7. The summed E-state index contributed by atoms with van der Waals surface area (Å²) in [6.45, 7) is 8.00. The fraction of sp³-hybridized carbons (Fsp3) is 0.862. The Balaban J connectivity index is 0.000000113. The molecule has 0 radical (unpaired) electrons. The Morgan fingerprint density at radius 1 is 0.483 bits per heavy atom. The number of hydrogen-bond donors (Lipinski definition) is 0. The van der Waals surface area contributed by atoms with Crippen LogP contribution in [0.4, 0.5) is 0 Å². The highest BCUT2D eigenvalue weighted by Crippen LogP contribution is 2.71. The predicted molar refractivity (Wildman–Crippen MR) is 124 cm³/mol. The first-order chi connectivity index (χ1) is 14.4. The van der Waals surface area contributed by atoms with Gasteiger partial charge in [0.25, 0.3) is 0 Å². The Morgan fingerprint density at radius 3 is 1.76 bits per heavy atom. The van der Waals surface area contributed by atoms with Gasteiger partial charge in [-0.05, 0) is 129 Å². The summed E-state index contributed by atoms with van der Waals surface area (Å²) in [6, 6.07) is 0. The maximum Gasteiger partial charge on any atom is -0.0168 e. The third-order valence-electron chi connectivity index (χ3n) is 10.8. The van der Waals surface area contributed by atoms with Crippen molar-refractivity contribution in [3.63, 3.8) is 0 Å². The third kappa shape index (κ3) is 2.97. The molecule has 0 aromatic heterocycles. The lowest BCUT2D eigenvalue weighted by molar-refractivity contribution is 0.0823. The van der Waals surface area contributed by atoms with E-state index in [0.29, 0.717) is 0 Å². The molecule has 0 heterocycles. The van der Waals surface area contributed by atoms with Gasteiger partial charge in [-0.1, -0.05) is 52.0 Å². The Hall–Kier alpha value is -0.520. The summed E-state index contributed by atoms with van der Waals surface area (Å²) >= 11 is 0. The van der Waals surface area contributed by atoms with Gasteiger partial charge < -0.3 is 0 Å². The van der Waals surface area contributed by atoms with Gasteiger partial charge in [0.05, 0.1) is 0 Å². The molecule has 8 aliphatic carbocycles.